The first-order valence-electron chi connectivity index (χ1n) is 5.52. The summed E-state index contributed by atoms with van der Waals surface area (Å²) in [6.07, 6.45) is 6.37. The van der Waals surface area contributed by atoms with Gasteiger partial charge in [0.15, 0.2) is 0 Å². The van der Waals surface area contributed by atoms with Gasteiger partial charge in [0.25, 0.3) is 0 Å². The first-order chi connectivity index (χ1) is 6.72. The molecule has 0 amide bonds. The molecule has 1 aliphatic heterocycles. The van der Waals surface area contributed by atoms with Crippen molar-refractivity contribution >= 4 is 0 Å². The summed E-state index contributed by atoms with van der Waals surface area (Å²) in [6, 6.07) is 4.32. The van der Waals surface area contributed by atoms with Crippen molar-refractivity contribution in [2.24, 2.45) is 13.0 Å². The molecule has 2 nitrogen and oxygen atoms in total. The molecule has 76 valence electrons. The number of aromatic nitrogens is 1. The van der Waals surface area contributed by atoms with Crippen molar-refractivity contribution in [1.82, 2.24) is 4.57 Å². The number of nitrogens with zero attached hydrogens (tertiary/aromatic N) is 1. The van der Waals surface area contributed by atoms with Gasteiger partial charge in [-0.3, -0.25) is 0 Å². The van der Waals surface area contributed by atoms with E-state index in [0.717, 1.165) is 5.92 Å². The number of hydrogen-bond acceptors (Lipinski definition) is 1. The molecule has 0 spiro atoms. The van der Waals surface area contributed by atoms with Crippen LogP contribution in [0.5, 0.6) is 0 Å². The standard InChI is InChI=1S/C12H17NO/c1-9-5-6-12(11(8-9)14-12)10-4-3-7-13(10)2/h3-4,7,9,11H,5-6,8H2,1-2H3/t9-,11+,12-/m1/s1. The second kappa shape index (κ2) is 2.63. The van der Waals surface area contributed by atoms with Crippen LogP contribution in [-0.2, 0) is 17.4 Å². The molecule has 1 aliphatic carbocycles. The number of hydrogen-bond donors (Lipinski definition) is 0. The Kier molecular flexibility index (Phi) is 1.61. The quantitative estimate of drug-likeness (QED) is 0.623. The van der Waals surface area contributed by atoms with Crippen LogP contribution >= 0.6 is 0 Å². The normalized spacial score (nSPS) is 40.7. The molecule has 2 aliphatic rings. The van der Waals surface area contributed by atoms with Crippen molar-refractivity contribution in [1.29, 1.82) is 0 Å². The minimum Gasteiger partial charge on any atom is -0.359 e. The van der Waals surface area contributed by atoms with Crippen molar-refractivity contribution < 1.29 is 4.74 Å². The molecular weight excluding hydrogens is 174 g/mol. The highest BCUT2D eigenvalue weighted by molar-refractivity contribution is 5.25. The Morgan fingerprint density at radius 2 is 2.43 bits per heavy atom. The average Bonchev–Trinajstić information content (AvgIpc) is 2.71. The molecule has 0 aromatic carbocycles. The molecule has 0 N–H and O–H groups in total. The minimum absolute atomic E-state index is 0.102. The topological polar surface area (TPSA) is 17.5 Å². The molecule has 2 fully saturated rings. The maximum absolute atomic E-state index is 5.94. The maximum Gasteiger partial charge on any atom is 0.134 e. The van der Waals surface area contributed by atoms with Crippen LogP contribution in [-0.4, -0.2) is 10.7 Å². The zero-order valence-electron chi connectivity index (χ0n) is 8.86. The highest BCUT2D eigenvalue weighted by Crippen LogP contribution is 2.56. The molecular formula is C12H17NO. The van der Waals surface area contributed by atoms with Gasteiger partial charge in [0.1, 0.15) is 5.60 Å². The second-order valence-corrected chi connectivity index (χ2v) is 4.88. The summed E-state index contributed by atoms with van der Waals surface area (Å²) in [5.74, 6) is 0.843. The zero-order valence-corrected chi connectivity index (χ0v) is 8.86. The molecule has 0 radical (unpaired) electrons. The molecule has 14 heavy (non-hydrogen) atoms. The van der Waals surface area contributed by atoms with Crippen molar-refractivity contribution in [3.63, 3.8) is 0 Å². The van der Waals surface area contributed by atoms with E-state index >= 15 is 0 Å². The lowest BCUT2D eigenvalue weighted by Crippen LogP contribution is -2.23. The van der Waals surface area contributed by atoms with E-state index in [1.54, 1.807) is 0 Å². The third kappa shape index (κ3) is 1.01. The third-order valence-electron chi connectivity index (χ3n) is 3.82. The van der Waals surface area contributed by atoms with Crippen LogP contribution < -0.4 is 0 Å². The molecule has 0 bridgehead atoms. The Morgan fingerprint density at radius 3 is 3.07 bits per heavy atom. The molecule has 3 rings (SSSR count). The average molecular weight is 191 g/mol. The van der Waals surface area contributed by atoms with Gasteiger partial charge in [0, 0.05) is 13.2 Å². The van der Waals surface area contributed by atoms with E-state index in [4.69, 9.17) is 4.74 Å². The van der Waals surface area contributed by atoms with Crippen LogP contribution in [0.2, 0.25) is 0 Å². The van der Waals surface area contributed by atoms with Crippen molar-refractivity contribution in [3.05, 3.63) is 24.0 Å². The maximum atomic E-state index is 5.94. The fourth-order valence-corrected chi connectivity index (χ4v) is 2.88. The van der Waals surface area contributed by atoms with E-state index in [-0.39, 0.29) is 5.60 Å². The van der Waals surface area contributed by atoms with Crippen LogP contribution in [0.25, 0.3) is 0 Å². The predicted octanol–water partition coefficient (Wildman–Crippen LogP) is 2.44. The largest absolute Gasteiger partial charge is 0.359 e. The molecule has 1 aromatic heterocycles. The van der Waals surface area contributed by atoms with Gasteiger partial charge in [-0.1, -0.05) is 6.92 Å². The highest BCUT2D eigenvalue weighted by Gasteiger charge is 2.60. The number of rotatable bonds is 1. The fourth-order valence-electron chi connectivity index (χ4n) is 2.88. The zero-order chi connectivity index (χ0) is 9.76. The fraction of sp³-hybridized carbons (Fsp3) is 0.667. The summed E-state index contributed by atoms with van der Waals surface area (Å²) in [5, 5.41) is 0. The first-order valence-corrected chi connectivity index (χ1v) is 5.52. The van der Waals surface area contributed by atoms with Crippen molar-refractivity contribution in [2.45, 2.75) is 37.9 Å². The number of fused-ring (bicyclic) bond motifs is 1. The lowest BCUT2D eigenvalue weighted by Gasteiger charge is -2.22. The summed E-state index contributed by atoms with van der Waals surface area (Å²) < 4.78 is 8.14. The predicted molar refractivity (Wildman–Crippen MR) is 55.0 cm³/mol. The van der Waals surface area contributed by atoms with E-state index in [1.165, 1.54) is 25.0 Å². The Balaban J connectivity index is 1.91. The number of ether oxygens (including phenoxy) is 1. The molecule has 2 heterocycles. The van der Waals surface area contributed by atoms with Crippen molar-refractivity contribution in [2.75, 3.05) is 0 Å². The van der Waals surface area contributed by atoms with Gasteiger partial charge in [0.2, 0.25) is 0 Å². The van der Waals surface area contributed by atoms with Gasteiger partial charge in [-0.15, -0.1) is 0 Å². The molecule has 0 unspecified atom stereocenters. The smallest absolute Gasteiger partial charge is 0.134 e. The SMILES string of the molecule is C[C@@H]1CC[C@]2(c3cccn3C)O[C@H]2C1. The summed E-state index contributed by atoms with van der Waals surface area (Å²) in [5.41, 5.74) is 1.47. The van der Waals surface area contributed by atoms with Gasteiger partial charge in [-0.05, 0) is 37.3 Å². The van der Waals surface area contributed by atoms with Gasteiger partial charge in [-0.25, -0.2) is 0 Å². The van der Waals surface area contributed by atoms with E-state index < -0.39 is 0 Å². The van der Waals surface area contributed by atoms with Crippen LogP contribution in [0.15, 0.2) is 18.3 Å². The molecule has 1 saturated heterocycles. The molecule has 3 atom stereocenters. The second-order valence-electron chi connectivity index (χ2n) is 4.88. The lowest BCUT2D eigenvalue weighted by atomic mass is 9.81. The van der Waals surface area contributed by atoms with Crippen LogP contribution in [0.3, 0.4) is 0 Å². The van der Waals surface area contributed by atoms with E-state index in [2.05, 4.69) is 36.9 Å². The third-order valence-corrected chi connectivity index (χ3v) is 3.82. The number of aryl methyl sites for hydroxylation is 1. The van der Waals surface area contributed by atoms with Gasteiger partial charge in [-0.2, -0.15) is 0 Å². The minimum atomic E-state index is 0.102. The van der Waals surface area contributed by atoms with Crippen LogP contribution in [0, 0.1) is 5.92 Å². The van der Waals surface area contributed by atoms with Crippen molar-refractivity contribution in [3.8, 4) is 0 Å². The Labute approximate surface area is 84.9 Å². The van der Waals surface area contributed by atoms with E-state index in [0.29, 0.717) is 6.10 Å². The Hall–Kier alpha value is -0.760. The first kappa shape index (κ1) is 8.54. The summed E-state index contributed by atoms with van der Waals surface area (Å²) >= 11 is 0. The summed E-state index contributed by atoms with van der Waals surface area (Å²) in [7, 11) is 2.11. The lowest BCUT2D eigenvalue weighted by molar-refractivity contribution is 0.275. The Bertz CT molecular complexity index is 357. The Morgan fingerprint density at radius 1 is 1.57 bits per heavy atom. The molecule has 1 aromatic rings. The molecule has 1 saturated carbocycles. The van der Waals surface area contributed by atoms with Gasteiger partial charge in [0.05, 0.1) is 11.8 Å². The monoisotopic (exact) mass is 191 g/mol. The summed E-state index contributed by atoms with van der Waals surface area (Å²) in [4.78, 5) is 0. The van der Waals surface area contributed by atoms with Crippen LogP contribution in [0.4, 0.5) is 0 Å². The summed E-state index contributed by atoms with van der Waals surface area (Å²) in [6.45, 7) is 2.33. The van der Waals surface area contributed by atoms with Gasteiger partial charge < -0.3 is 9.30 Å². The molecule has 2 heteroatoms. The van der Waals surface area contributed by atoms with Crippen LogP contribution in [0.1, 0.15) is 31.9 Å². The van der Waals surface area contributed by atoms with E-state index in [1.807, 2.05) is 0 Å². The highest BCUT2D eigenvalue weighted by atomic mass is 16.6. The number of epoxide rings is 1. The van der Waals surface area contributed by atoms with E-state index in [9.17, 15) is 0 Å². The van der Waals surface area contributed by atoms with Gasteiger partial charge >= 0.3 is 0 Å².